The molecule has 0 radical (unpaired) electrons. The molecule has 0 unspecified atom stereocenters. The van der Waals surface area contributed by atoms with Crippen LogP contribution in [0.2, 0.25) is 5.02 Å². The molecule has 2 amide bonds. The third-order valence-electron chi connectivity index (χ3n) is 5.84. The Labute approximate surface area is 205 Å². The number of rotatable bonds is 9. The molecular weight excluding hydrogens is 456 g/mol. The van der Waals surface area contributed by atoms with Gasteiger partial charge >= 0.3 is 5.97 Å². The van der Waals surface area contributed by atoms with Crippen LogP contribution in [0.25, 0.3) is 0 Å². The van der Waals surface area contributed by atoms with Crippen LogP contribution in [0.5, 0.6) is 5.75 Å². The van der Waals surface area contributed by atoms with E-state index in [1.165, 1.54) is 0 Å². The minimum absolute atomic E-state index is 0.0384. The fourth-order valence-corrected chi connectivity index (χ4v) is 4.11. The topological polar surface area (TPSA) is 93.7 Å². The van der Waals surface area contributed by atoms with E-state index in [1.54, 1.807) is 36.4 Å². The molecule has 7 nitrogen and oxygen atoms in total. The van der Waals surface area contributed by atoms with Gasteiger partial charge in [0.05, 0.1) is 18.6 Å². The maximum atomic E-state index is 12.5. The number of ether oxygens (including phenoxy) is 2. The highest BCUT2D eigenvalue weighted by molar-refractivity contribution is 6.30. The van der Waals surface area contributed by atoms with Gasteiger partial charge in [-0.15, -0.1) is 0 Å². The molecule has 0 saturated heterocycles. The van der Waals surface area contributed by atoms with Gasteiger partial charge in [-0.05, 0) is 87.6 Å². The maximum absolute atomic E-state index is 12.5. The lowest BCUT2D eigenvalue weighted by molar-refractivity contribution is -0.149. The van der Waals surface area contributed by atoms with Gasteiger partial charge in [-0.3, -0.25) is 14.4 Å². The van der Waals surface area contributed by atoms with Crippen LogP contribution < -0.4 is 15.4 Å². The number of halogens is 1. The van der Waals surface area contributed by atoms with Gasteiger partial charge in [0.25, 0.3) is 11.8 Å². The fourth-order valence-electron chi connectivity index (χ4n) is 3.98. The molecule has 1 saturated carbocycles. The minimum Gasteiger partial charge on any atom is -0.490 e. The standard InChI is InChI=1S/C26H31ClN2O5/c1-3-33-26(32)19-6-10-21(11-7-19)34-22-12-13-23(17(2)16-22)25(31)29-15-14-28-24(30)18-4-8-20(27)9-5-18/h4-5,8-9,12-13,16,19,21H,3,6-7,10-11,14-15H2,1-2H3,(H,28,30)(H,29,31). The average Bonchev–Trinajstić information content (AvgIpc) is 2.82. The lowest BCUT2D eigenvalue weighted by Crippen LogP contribution is -2.35. The highest BCUT2D eigenvalue weighted by Gasteiger charge is 2.28. The minimum atomic E-state index is -0.222. The Balaban J connectivity index is 1.42. The zero-order chi connectivity index (χ0) is 24.5. The summed E-state index contributed by atoms with van der Waals surface area (Å²) in [7, 11) is 0. The Morgan fingerprint density at radius 1 is 0.941 bits per heavy atom. The third kappa shape index (κ3) is 7.22. The summed E-state index contributed by atoms with van der Waals surface area (Å²) in [5.74, 6) is 0.128. The first-order valence-electron chi connectivity index (χ1n) is 11.6. The van der Waals surface area contributed by atoms with Gasteiger partial charge in [0, 0.05) is 29.2 Å². The summed E-state index contributed by atoms with van der Waals surface area (Å²) in [5, 5.41) is 6.16. The molecule has 2 N–H and O–H groups in total. The number of carbonyl (C=O) groups is 3. The van der Waals surface area contributed by atoms with E-state index >= 15 is 0 Å². The molecule has 34 heavy (non-hydrogen) atoms. The summed E-state index contributed by atoms with van der Waals surface area (Å²) in [6, 6.07) is 12.0. The number of hydrogen-bond acceptors (Lipinski definition) is 5. The molecule has 0 aliphatic heterocycles. The lowest BCUT2D eigenvalue weighted by Gasteiger charge is -2.28. The number of benzene rings is 2. The van der Waals surface area contributed by atoms with Gasteiger partial charge in [0.15, 0.2) is 0 Å². The summed E-state index contributed by atoms with van der Waals surface area (Å²) in [5.41, 5.74) is 1.87. The average molecular weight is 487 g/mol. The Morgan fingerprint density at radius 3 is 2.21 bits per heavy atom. The molecule has 2 aromatic carbocycles. The zero-order valence-corrected chi connectivity index (χ0v) is 20.3. The van der Waals surface area contributed by atoms with E-state index in [1.807, 2.05) is 19.9 Å². The predicted octanol–water partition coefficient (Wildman–Crippen LogP) is 4.31. The number of esters is 1. The number of carbonyl (C=O) groups excluding carboxylic acids is 3. The van der Waals surface area contributed by atoms with Gasteiger partial charge in [-0.2, -0.15) is 0 Å². The Bertz CT molecular complexity index is 1000. The number of aryl methyl sites for hydroxylation is 1. The van der Waals surface area contributed by atoms with Crippen molar-refractivity contribution in [3.05, 3.63) is 64.2 Å². The summed E-state index contributed by atoms with van der Waals surface area (Å²) in [6.07, 6.45) is 3.17. The molecule has 0 atom stereocenters. The monoisotopic (exact) mass is 486 g/mol. The fraction of sp³-hybridized carbons (Fsp3) is 0.423. The van der Waals surface area contributed by atoms with E-state index in [2.05, 4.69) is 10.6 Å². The van der Waals surface area contributed by atoms with Gasteiger partial charge in [-0.1, -0.05) is 11.6 Å². The Morgan fingerprint density at radius 2 is 1.59 bits per heavy atom. The molecule has 1 fully saturated rings. The first-order valence-corrected chi connectivity index (χ1v) is 12.0. The first-order chi connectivity index (χ1) is 16.4. The quantitative estimate of drug-likeness (QED) is 0.407. The van der Waals surface area contributed by atoms with Crippen LogP contribution in [0, 0.1) is 12.8 Å². The second-order valence-electron chi connectivity index (χ2n) is 8.34. The van der Waals surface area contributed by atoms with Crippen molar-refractivity contribution < 1.29 is 23.9 Å². The van der Waals surface area contributed by atoms with Crippen LogP contribution in [-0.2, 0) is 9.53 Å². The summed E-state index contributed by atoms with van der Waals surface area (Å²) in [4.78, 5) is 36.5. The molecule has 0 heterocycles. The van der Waals surface area contributed by atoms with Crippen LogP contribution in [-0.4, -0.2) is 43.6 Å². The predicted molar refractivity (Wildman–Crippen MR) is 130 cm³/mol. The van der Waals surface area contributed by atoms with E-state index in [9.17, 15) is 14.4 Å². The molecule has 3 rings (SSSR count). The molecule has 1 aliphatic carbocycles. The molecular formula is C26H31ClN2O5. The molecule has 2 aromatic rings. The van der Waals surface area contributed by atoms with E-state index in [4.69, 9.17) is 21.1 Å². The van der Waals surface area contributed by atoms with Gasteiger partial charge in [0.2, 0.25) is 0 Å². The molecule has 0 spiro atoms. The van der Waals surface area contributed by atoms with Crippen LogP contribution in [0.1, 0.15) is 58.9 Å². The normalized spacial score (nSPS) is 17.5. The molecule has 0 aromatic heterocycles. The highest BCUT2D eigenvalue weighted by atomic mass is 35.5. The first kappa shape index (κ1) is 25.6. The van der Waals surface area contributed by atoms with Crippen molar-refractivity contribution in [2.45, 2.75) is 45.6 Å². The second-order valence-corrected chi connectivity index (χ2v) is 8.78. The van der Waals surface area contributed by atoms with Gasteiger partial charge in [0.1, 0.15) is 5.75 Å². The van der Waals surface area contributed by atoms with Gasteiger partial charge < -0.3 is 20.1 Å². The Hall–Kier alpha value is -3.06. The second kappa shape index (κ2) is 12.4. The smallest absolute Gasteiger partial charge is 0.308 e. The summed E-state index contributed by atoms with van der Waals surface area (Å²) >= 11 is 5.83. The van der Waals surface area contributed by atoms with E-state index in [0.717, 1.165) is 31.2 Å². The van der Waals surface area contributed by atoms with Crippen LogP contribution in [0.3, 0.4) is 0 Å². The third-order valence-corrected chi connectivity index (χ3v) is 6.09. The van der Waals surface area contributed by atoms with Gasteiger partial charge in [-0.25, -0.2) is 0 Å². The van der Waals surface area contributed by atoms with Crippen molar-refractivity contribution >= 4 is 29.4 Å². The Kier molecular flexibility index (Phi) is 9.33. The van der Waals surface area contributed by atoms with Crippen molar-refractivity contribution in [1.29, 1.82) is 0 Å². The molecule has 0 bridgehead atoms. The van der Waals surface area contributed by atoms with Crippen LogP contribution in [0.4, 0.5) is 0 Å². The largest absolute Gasteiger partial charge is 0.490 e. The van der Waals surface area contributed by atoms with E-state index in [0.29, 0.717) is 41.6 Å². The van der Waals surface area contributed by atoms with Crippen molar-refractivity contribution in [3.63, 3.8) is 0 Å². The lowest BCUT2D eigenvalue weighted by atomic mass is 9.87. The molecule has 182 valence electrons. The summed E-state index contributed by atoms with van der Waals surface area (Å²) in [6.45, 7) is 4.70. The zero-order valence-electron chi connectivity index (χ0n) is 19.6. The number of amides is 2. The van der Waals surface area contributed by atoms with Crippen molar-refractivity contribution in [1.82, 2.24) is 10.6 Å². The highest BCUT2D eigenvalue weighted by Crippen LogP contribution is 2.29. The summed E-state index contributed by atoms with van der Waals surface area (Å²) < 4.78 is 11.2. The van der Waals surface area contributed by atoms with Crippen LogP contribution in [0.15, 0.2) is 42.5 Å². The SMILES string of the molecule is CCOC(=O)C1CCC(Oc2ccc(C(=O)NCCNC(=O)c3ccc(Cl)cc3)c(C)c2)CC1. The van der Waals surface area contributed by atoms with Crippen molar-refractivity contribution in [2.24, 2.45) is 5.92 Å². The van der Waals surface area contributed by atoms with Crippen LogP contribution >= 0.6 is 11.6 Å². The maximum Gasteiger partial charge on any atom is 0.308 e. The van der Waals surface area contributed by atoms with Crippen molar-refractivity contribution in [3.8, 4) is 5.75 Å². The van der Waals surface area contributed by atoms with Crippen molar-refractivity contribution in [2.75, 3.05) is 19.7 Å². The molecule has 1 aliphatic rings. The number of nitrogens with one attached hydrogen (secondary N) is 2. The molecule has 8 heteroatoms. The number of hydrogen-bond donors (Lipinski definition) is 2. The van der Waals surface area contributed by atoms with E-state index < -0.39 is 0 Å². The van der Waals surface area contributed by atoms with E-state index in [-0.39, 0.29) is 29.8 Å².